The van der Waals surface area contributed by atoms with Crippen LogP contribution >= 0.6 is 0 Å². The maximum atomic E-state index is 10.7. The van der Waals surface area contributed by atoms with Gasteiger partial charge in [-0.3, -0.25) is 5.32 Å². The molecule has 1 saturated heterocycles. The van der Waals surface area contributed by atoms with Crippen LogP contribution in [0.3, 0.4) is 0 Å². The van der Waals surface area contributed by atoms with E-state index in [9.17, 15) is 4.79 Å². The van der Waals surface area contributed by atoms with E-state index >= 15 is 0 Å². The number of carbonyl (C=O) groups is 1. The van der Waals surface area contributed by atoms with Crippen molar-refractivity contribution >= 4 is 23.2 Å². The normalized spacial score (nSPS) is 16.4. The van der Waals surface area contributed by atoms with Crippen molar-refractivity contribution in [3.63, 3.8) is 0 Å². The van der Waals surface area contributed by atoms with Crippen molar-refractivity contribution in [3.05, 3.63) is 18.2 Å². The number of hydrogen-bond donors (Lipinski definition) is 3. The van der Waals surface area contributed by atoms with Crippen LogP contribution in [0.1, 0.15) is 6.92 Å². The predicted octanol–water partition coefficient (Wildman–Crippen LogP) is 1.50. The van der Waals surface area contributed by atoms with Gasteiger partial charge >= 0.3 is 6.09 Å². The second-order valence-electron chi connectivity index (χ2n) is 4.62. The second kappa shape index (κ2) is 5.79. The highest BCUT2D eigenvalue weighted by atomic mass is 16.4. The number of piperazine rings is 1. The summed E-state index contributed by atoms with van der Waals surface area (Å²) in [5.74, 6) is 0. The topological polar surface area (TPSA) is 81.8 Å². The number of nitrogens with one attached hydrogen (secondary N) is 1. The average molecular weight is 264 g/mol. The summed E-state index contributed by atoms with van der Waals surface area (Å²) < 4.78 is 0. The van der Waals surface area contributed by atoms with Gasteiger partial charge < -0.3 is 20.6 Å². The Morgan fingerprint density at radius 2 is 2.05 bits per heavy atom. The first-order valence-corrected chi connectivity index (χ1v) is 6.47. The first-order valence-electron chi connectivity index (χ1n) is 6.47. The highest BCUT2D eigenvalue weighted by Gasteiger charge is 2.16. The summed E-state index contributed by atoms with van der Waals surface area (Å²) in [6.07, 6.45) is -1.10. The van der Waals surface area contributed by atoms with Crippen molar-refractivity contribution in [1.82, 2.24) is 4.90 Å². The van der Waals surface area contributed by atoms with Crippen LogP contribution in [0.15, 0.2) is 18.2 Å². The number of benzene rings is 1. The van der Waals surface area contributed by atoms with Crippen LogP contribution in [0, 0.1) is 0 Å². The number of nitrogens with two attached hydrogens (primary N) is 1. The lowest BCUT2D eigenvalue weighted by atomic mass is 10.2. The summed E-state index contributed by atoms with van der Waals surface area (Å²) in [6.45, 7) is 7.19. The van der Waals surface area contributed by atoms with Gasteiger partial charge in [0.2, 0.25) is 0 Å². The monoisotopic (exact) mass is 264 g/mol. The molecule has 2 rings (SSSR count). The first kappa shape index (κ1) is 13.5. The van der Waals surface area contributed by atoms with E-state index < -0.39 is 6.09 Å². The van der Waals surface area contributed by atoms with Gasteiger partial charge in [-0.15, -0.1) is 0 Å². The lowest BCUT2D eigenvalue weighted by Crippen LogP contribution is -2.46. The van der Waals surface area contributed by atoms with Crippen molar-refractivity contribution in [2.24, 2.45) is 0 Å². The fourth-order valence-corrected chi connectivity index (χ4v) is 2.29. The fraction of sp³-hybridized carbons (Fsp3) is 0.462. The van der Waals surface area contributed by atoms with Crippen LogP contribution in [-0.4, -0.2) is 48.8 Å². The molecule has 1 heterocycles. The Bertz CT molecular complexity index is 456. The van der Waals surface area contributed by atoms with Crippen molar-refractivity contribution in [2.75, 3.05) is 48.7 Å². The van der Waals surface area contributed by atoms with Gasteiger partial charge in [-0.2, -0.15) is 0 Å². The molecule has 0 atom stereocenters. The Morgan fingerprint density at radius 1 is 1.37 bits per heavy atom. The van der Waals surface area contributed by atoms with E-state index in [2.05, 4.69) is 22.0 Å². The third kappa shape index (κ3) is 3.29. The largest absolute Gasteiger partial charge is 0.465 e. The third-order valence-corrected chi connectivity index (χ3v) is 3.46. The zero-order valence-corrected chi connectivity index (χ0v) is 11.1. The highest BCUT2D eigenvalue weighted by molar-refractivity contribution is 5.89. The van der Waals surface area contributed by atoms with Gasteiger partial charge in [-0.25, -0.2) is 4.79 Å². The molecular formula is C13H20N4O2. The SMILES string of the molecule is CCN1CCN(c2ccc(N)c(NC(=O)O)c2)CC1. The quantitative estimate of drug-likeness (QED) is 0.721. The molecule has 0 aromatic heterocycles. The Labute approximate surface area is 112 Å². The molecule has 6 nitrogen and oxygen atoms in total. The molecular weight excluding hydrogens is 244 g/mol. The minimum atomic E-state index is -1.10. The van der Waals surface area contributed by atoms with Crippen molar-refractivity contribution in [3.8, 4) is 0 Å². The third-order valence-electron chi connectivity index (χ3n) is 3.46. The van der Waals surface area contributed by atoms with E-state index in [-0.39, 0.29) is 0 Å². The van der Waals surface area contributed by atoms with E-state index in [0.717, 1.165) is 38.4 Å². The predicted molar refractivity (Wildman–Crippen MR) is 76.8 cm³/mol. The standard InChI is InChI=1S/C13H20N4O2/c1-2-16-5-7-17(8-6-16)10-3-4-11(14)12(9-10)15-13(18)19/h3-4,9,15H,2,5-8,14H2,1H3,(H,18,19). The Morgan fingerprint density at radius 3 is 2.63 bits per heavy atom. The molecule has 6 heteroatoms. The summed E-state index contributed by atoms with van der Waals surface area (Å²) in [4.78, 5) is 15.3. The molecule has 0 bridgehead atoms. The van der Waals surface area contributed by atoms with Crippen LogP contribution in [0.25, 0.3) is 0 Å². The number of anilines is 3. The summed E-state index contributed by atoms with van der Waals surface area (Å²) in [7, 11) is 0. The fourth-order valence-electron chi connectivity index (χ4n) is 2.29. The van der Waals surface area contributed by atoms with Crippen LogP contribution in [0.5, 0.6) is 0 Å². The van der Waals surface area contributed by atoms with Crippen molar-refractivity contribution in [2.45, 2.75) is 6.92 Å². The number of nitrogen functional groups attached to an aromatic ring is 1. The number of amides is 1. The van der Waals surface area contributed by atoms with E-state index in [1.54, 1.807) is 12.1 Å². The number of carboxylic acid groups (broad SMARTS) is 1. The smallest absolute Gasteiger partial charge is 0.409 e. The zero-order chi connectivity index (χ0) is 13.8. The minimum Gasteiger partial charge on any atom is -0.465 e. The zero-order valence-electron chi connectivity index (χ0n) is 11.1. The molecule has 1 fully saturated rings. The molecule has 1 aromatic carbocycles. The van der Waals surface area contributed by atoms with Crippen molar-refractivity contribution in [1.29, 1.82) is 0 Å². The van der Waals surface area contributed by atoms with E-state index in [4.69, 9.17) is 10.8 Å². The number of likely N-dealkylation sites (N-methyl/N-ethyl adjacent to an activating group) is 1. The molecule has 0 spiro atoms. The maximum absolute atomic E-state index is 10.7. The molecule has 0 unspecified atom stereocenters. The van der Waals surface area contributed by atoms with E-state index in [1.165, 1.54) is 0 Å². The van der Waals surface area contributed by atoms with Crippen LogP contribution in [0.2, 0.25) is 0 Å². The molecule has 1 aromatic rings. The van der Waals surface area contributed by atoms with Crippen LogP contribution < -0.4 is 16.0 Å². The van der Waals surface area contributed by atoms with Crippen LogP contribution in [-0.2, 0) is 0 Å². The molecule has 0 saturated carbocycles. The Hall–Kier alpha value is -1.95. The molecule has 4 N–H and O–H groups in total. The van der Waals surface area contributed by atoms with Gasteiger partial charge in [0.15, 0.2) is 0 Å². The Balaban J connectivity index is 2.10. The van der Waals surface area contributed by atoms with E-state index in [0.29, 0.717) is 11.4 Å². The van der Waals surface area contributed by atoms with Gasteiger partial charge in [0, 0.05) is 31.9 Å². The van der Waals surface area contributed by atoms with Crippen molar-refractivity contribution < 1.29 is 9.90 Å². The summed E-state index contributed by atoms with van der Waals surface area (Å²) in [5.41, 5.74) is 7.66. The molecule has 1 aliphatic heterocycles. The second-order valence-corrected chi connectivity index (χ2v) is 4.62. The Kier molecular flexibility index (Phi) is 4.11. The van der Waals surface area contributed by atoms with Crippen LogP contribution in [0.4, 0.5) is 21.9 Å². The summed E-state index contributed by atoms with van der Waals surface area (Å²) >= 11 is 0. The molecule has 19 heavy (non-hydrogen) atoms. The number of nitrogens with zero attached hydrogens (tertiary/aromatic N) is 2. The maximum Gasteiger partial charge on any atom is 0.409 e. The number of hydrogen-bond acceptors (Lipinski definition) is 4. The number of rotatable bonds is 3. The molecule has 104 valence electrons. The average Bonchev–Trinajstić information content (AvgIpc) is 2.41. The van der Waals surface area contributed by atoms with Gasteiger partial charge in [-0.05, 0) is 24.7 Å². The molecule has 0 radical (unpaired) electrons. The van der Waals surface area contributed by atoms with E-state index in [1.807, 2.05) is 6.07 Å². The lowest BCUT2D eigenvalue weighted by molar-refractivity contribution is 0.210. The minimum absolute atomic E-state index is 0.443. The molecule has 0 aliphatic carbocycles. The first-order chi connectivity index (χ1) is 9.10. The van der Waals surface area contributed by atoms with Gasteiger partial charge in [-0.1, -0.05) is 6.92 Å². The summed E-state index contributed by atoms with van der Waals surface area (Å²) in [6, 6.07) is 5.47. The van der Waals surface area contributed by atoms with Gasteiger partial charge in [0.25, 0.3) is 0 Å². The molecule has 1 aliphatic rings. The lowest BCUT2D eigenvalue weighted by Gasteiger charge is -2.35. The van der Waals surface area contributed by atoms with Gasteiger partial charge in [0.05, 0.1) is 11.4 Å². The van der Waals surface area contributed by atoms with Gasteiger partial charge in [0.1, 0.15) is 0 Å². The molecule has 1 amide bonds. The highest BCUT2D eigenvalue weighted by Crippen LogP contribution is 2.26. The summed E-state index contributed by atoms with van der Waals surface area (Å²) in [5, 5.41) is 11.1.